The minimum absolute atomic E-state index is 0.197. The largest absolute Gasteiger partial charge is 0.457 e. The molecule has 1 N–H and O–H groups in total. The van der Waals surface area contributed by atoms with Crippen LogP contribution in [0.3, 0.4) is 0 Å². The second kappa shape index (κ2) is 8.66. The first kappa shape index (κ1) is 21.9. The monoisotopic (exact) mass is 459 g/mol. The van der Waals surface area contributed by atoms with Crippen LogP contribution in [0.5, 0.6) is 11.5 Å². The van der Waals surface area contributed by atoms with E-state index in [0.717, 1.165) is 33.2 Å². The van der Waals surface area contributed by atoms with Crippen molar-refractivity contribution < 1.29 is 22.7 Å². The van der Waals surface area contributed by atoms with Gasteiger partial charge in [0, 0.05) is 17.6 Å². The first-order valence-corrected chi connectivity index (χ1v) is 10.8. The van der Waals surface area contributed by atoms with Gasteiger partial charge in [-0.05, 0) is 55.3 Å². The summed E-state index contributed by atoms with van der Waals surface area (Å²) in [5.41, 5.74) is 1.44. The lowest BCUT2D eigenvalue weighted by molar-refractivity contribution is -0.137. The molecule has 4 rings (SSSR count). The smallest absolute Gasteiger partial charge is 0.416 e. The predicted molar refractivity (Wildman–Crippen MR) is 116 cm³/mol. The minimum atomic E-state index is -4.38. The predicted octanol–water partition coefficient (Wildman–Crippen LogP) is 6.01. The second-order valence-corrected chi connectivity index (χ2v) is 8.42. The average Bonchev–Trinajstić information content (AvgIpc) is 3.28. The fraction of sp³-hybridized carbons (Fsp3) is 0.217. The van der Waals surface area contributed by atoms with E-state index in [2.05, 4.69) is 10.3 Å². The zero-order valence-corrected chi connectivity index (χ0v) is 18.2. The zero-order chi connectivity index (χ0) is 22.9. The fourth-order valence-corrected chi connectivity index (χ4v) is 4.12. The Morgan fingerprint density at radius 1 is 1.09 bits per heavy atom. The van der Waals surface area contributed by atoms with E-state index in [1.165, 1.54) is 12.1 Å². The number of aromatic nitrogens is 2. The maximum atomic E-state index is 12.8. The maximum absolute atomic E-state index is 12.8. The number of amides is 1. The number of carbonyl (C=O) groups is 1. The number of hydrogen-bond donors (Lipinski definition) is 1. The van der Waals surface area contributed by atoms with Crippen LogP contribution in [0, 0.1) is 6.92 Å². The number of nitrogens with zero attached hydrogens (tertiary/aromatic N) is 2. The number of nitrogens with one attached hydrogen (secondary N) is 1. The third kappa shape index (κ3) is 4.62. The van der Waals surface area contributed by atoms with Gasteiger partial charge in [0.1, 0.15) is 17.2 Å². The van der Waals surface area contributed by atoms with Crippen LogP contribution < -0.4 is 10.1 Å². The molecule has 32 heavy (non-hydrogen) atoms. The van der Waals surface area contributed by atoms with E-state index in [1.807, 2.05) is 24.4 Å². The molecule has 9 heteroatoms. The van der Waals surface area contributed by atoms with Crippen molar-refractivity contribution >= 4 is 22.2 Å². The van der Waals surface area contributed by atoms with Crippen molar-refractivity contribution in [3.63, 3.8) is 0 Å². The Labute approximate surface area is 186 Å². The second-order valence-electron chi connectivity index (χ2n) is 7.21. The topological polar surface area (TPSA) is 55.6 Å². The number of rotatable bonds is 6. The summed E-state index contributed by atoms with van der Waals surface area (Å²) < 4.78 is 45.4. The molecule has 0 atom stereocenters. The van der Waals surface area contributed by atoms with Crippen molar-refractivity contribution in [1.29, 1.82) is 0 Å². The van der Waals surface area contributed by atoms with Gasteiger partial charge >= 0.3 is 6.18 Å². The molecular weight excluding hydrogens is 439 g/mol. The van der Waals surface area contributed by atoms with Crippen LogP contribution >= 0.6 is 11.3 Å². The summed E-state index contributed by atoms with van der Waals surface area (Å²) in [5, 5.41) is 2.92. The van der Waals surface area contributed by atoms with Gasteiger partial charge < -0.3 is 10.1 Å². The molecule has 0 fully saturated rings. The molecule has 0 aliphatic rings. The van der Waals surface area contributed by atoms with Crippen LogP contribution in [0.15, 0.2) is 54.7 Å². The highest BCUT2D eigenvalue weighted by atomic mass is 32.1. The van der Waals surface area contributed by atoms with Gasteiger partial charge in [0.05, 0.1) is 11.3 Å². The lowest BCUT2D eigenvalue weighted by Crippen LogP contribution is -2.25. The summed E-state index contributed by atoms with van der Waals surface area (Å²) in [6.07, 6.45) is -1.81. The van der Waals surface area contributed by atoms with E-state index in [0.29, 0.717) is 30.2 Å². The van der Waals surface area contributed by atoms with Crippen LogP contribution in [-0.2, 0) is 19.1 Å². The van der Waals surface area contributed by atoms with Gasteiger partial charge in [-0.25, -0.2) is 4.98 Å². The van der Waals surface area contributed by atoms with Crippen LogP contribution in [-0.4, -0.2) is 15.3 Å². The maximum Gasteiger partial charge on any atom is 0.416 e. The van der Waals surface area contributed by atoms with Crippen LogP contribution in [0.4, 0.5) is 13.2 Å². The molecule has 0 saturated heterocycles. The fourth-order valence-electron chi connectivity index (χ4n) is 3.28. The molecule has 0 bridgehead atoms. The number of alkyl halides is 3. The summed E-state index contributed by atoms with van der Waals surface area (Å²) in [7, 11) is 0. The highest BCUT2D eigenvalue weighted by molar-refractivity contribution is 7.17. The van der Waals surface area contributed by atoms with Gasteiger partial charge in [-0.15, -0.1) is 11.3 Å². The molecular formula is C23H20F3N3O2S. The number of ether oxygens (including phenoxy) is 1. The molecule has 2 aromatic carbocycles. The first-order chi connectivity index (χ1) is 15.2. The molecule has 0 saturated carbocycles. The average molecular weight is 459 g/mol. The standard InChI is InChI=1S/C23H20F3N3O2S/c1-3-19-20(29-13-14(2)32-22(29)28-19)21(30)27-12-15-4-8-17(9-5-15)31-18-10-6-16(7-11-18)23(24,25)26/h4-11,13H,3,12H2,1-2H3,(H,27,30). The van der Waals surface area contributed by atoms with Crippen molar-refractivity contribution in [3.05, 3.63) is 82.1 Å². The number of hydrogen-bond acceptors (Lipinski definition) is 4. The summed E-state index contributed by atoms with van der Waals surface area (Å²) in [4.78, 5) is 19.2. The van der Waals surface area contributed by atoms with E-state index >= 15 is 0 Å². The van der Waals surface area contributed by atoms with Crippen LogP contribution in [0.2, 0.25) is 0 Å². The lowest BCUT2D eigenvalue weighted by atomic mass is 10.2. The Morgan fingerprint density at radius 3 is 2.31 bits per heavy atom. The Balaban J connectivity index is 1.39. The number of imidazole rings is 1. The van der Waals surface area contributed by atoms with Gasteiger partial charge in [0.2, 0.25) is 0 Å². The van der Waals surface area contributed by atoms with Crippen molar-refractivity contribution in [2.45, 2.75) is 33.0 Å². The van der Waals surface area contributed by atoms with Crippen molar-refractivity contribution in [1.82, 2.24) is 14.7 Å². The highest BCUT2D eigenvalue weighted by Gasteiger charge is 2.30. The van der Waals surface area contributed by atoms with E-state index in [4.69, 9.17) is 4.74 Å². The van der Waals surface area contributed by atoms with E-state index < -0.39 is 11.7 Å². The molecule has 5 nitrogen and oxygen atoms in total. The minimum Gasteiger partial charge on any atom is -0.457 e. The van der Waals surface area contributed by atoms with Gasteiger partial charge in [-0.2, -0.15) is 13.2 Å². The normalized spacial score (nSPS) is 11.7. The van der Waals surface area contributed by atoms with Gasteiger partial charge in [0.15, 0.2) is 4.96 Å². The quantitative estimate of drug-likeness (QED) is 0.384. The van der Waals surface area contributed by atoms with E-state index in [1.54, 1.807) is 35.6 Å². The zero-order valence-electron chi connectivity index (χ0n) is 17.4. The Hall–Kier alpha value is -3.33. The number of fused-ring (bicyclic) bond motifs is 1. The third-order valence-corrected chi connectivity index (χ3v) is 5.76. The SMILES string of the molecule is CCc1nc2sc(C)cn2c1C(=O)NCc1ccc(Oc2ccc(C(F)(F)F)cc2)cc1. The number of halogens is 3. The van der Waals surface area contributed by atoms with E-state index in [-0.39, 0.29) is 5.91 Å². The third-order valence-electron chi connectivity index (χ3n) is 4.86. The Morgan fingerprint density at radius 2 is 1.72 bits per heavy atom. The summed E-state index contributed by atoms with van der Waals surface area (Å²) in [6, 6.07) is 11.5. The molecule has 0 radical (unpaired) electrons. The molecule has 0 unspecified atom stereocenters. The number of carbonyl (C=O) groups excluding carboxylic acids is 1. The summed E-state index contributed by atoms with van der Waals surface area (Å²) in [5.74, 6) is 0.596. The van der Waals surface area contributed by atoms with Crippen molar-refractivity contribution in [2.75, 3.05) is 0 Å². The Kier molecular flexibility index (Phi) is 5.92. The van der Waals surface area contributed by atoms with Crippen molar-refractivity contribution in [3.8, 4) is 11.5 Å². The molecule has 0 spiro atoms. The van der Waals surface area contributed by atoms with Gasteiger partial charge in [-0.3, -0.25) is 9.20 Å². The first-order valence-electron chi connectivity index (χ1n) is 9.94. The molecule has 0 aliphatic heterocycles. The number of thiazole rings is 1. The van der Waals surface area contributed by atoms with Gasteiger partial charge in [0.25, 0.3) is 5.91 Å². The van der Waals surface area contributed by atoms with Crippen LogP contribution in [0.25, 0.3) is 4.96 Å². The van der Waals surface area contributed by atoms with Crippen LogP contribution in [0.1, 0.15) is 39.1 Å². The highest BCUT2D eigenvalue weighted by Crippen LogP contribution is 2.31. The molecule has 2 heterocycles. The molecule has 2 aromatic heterocycles. The van der Waals surface area contributed by atoms with Gasteiger partial charge in [-0.1, -0.05) is 19.1 Å². The van der Waals surface area contributed by atoms with Crippen molar-refractivity contribution in [2.24, 2.45) is 0 Å². The lowest BCUT2D eigenvalue weighted by Gasteiger charge is -2.10. The summed E-state index contributed by atoms with van der Waals surface area (Å²) >= 11 is 1.54. The molecule has 0 aliphatic carbocycles. The summed E-state index contributed by atoms with van der Waals surface area (Å²) in [6.45, 7) is 4.26. The van der Waals surface area contributed by atoms with E-state index in [9.17, 15) is 18.0 Å². The Bertz CT molecular complexity index is 1240. The number of benzene rings is 2. The number of aryl methyl sites for hydroxylation is 2. The molecule has 1 amide bonds. The molecule has 4 aromatic rings. The molecule has 166 valence electrons.